The molecular weight excluding hydrogens is 399 g/mol. The number of rotatable bonds is 9. The topological polar surface area (TPSA) is 81.4 Å². The molecule has 3 N–H and O–H groups in total. The number of hydrogen-bond donors (Lipinski definition) is 2. The van der Waals surface area contributed by atoms with E-state index in [0.717, 1.165) is 12.1 Å². The molecule has 1 saturated carbocycles. The average Bonchev–Trinajstić information content (AvgIpc) is 3.38. The SMILES string of the molecule is COC[C@@H](N)C(=O)NCC(=O)CC1(c2cc(C(C)(F)F)cc(C(F)(F)F)c2)CC1. The van der Waals surface area contributed by atoms with Crippen molar-refractivity contribution < 1.29 is 36.3 Å². The molecule has 1 fully saturated rings. The average molecular weight is 422 g/mol. The molecule has 1 aliphatic rings. The van der Waals surface area contributed by atoms with Crippen LogP contribution >= 0.6 is 0 Å². The van der Waals surface area contributed by atoms with Gasteiger partial charge in [0.2, 0.25) is 5.91 Å². The largest absolute Gasteiger partial charge is 0.416 e. The number of nitrogens with one attached hydrogen (secondary N) is 1. The summed E-state index contributed by atoms with van der Waals surface area (Å²) in [6.45, 7) is 0.131. The van der Waals surface area contributed by atoms with Crippen molar-refractivity contribution >= 4 is 11.7 Å². The molecule has 1 aliphatic carbocycles. The van der Waals surface area contributed by atoms with E-state index < -0.39 is 46.4 Å². The van der Waals surface area contributed by atoms with Crippen molar-refractivity contribution in [3.8, 4) is 0 Å². The number of halogens is 5. The Labute approximate surface area is 164 Å². The maximum atomic E-state index is 13.7. The van der Waals surface area contributed by atoms with Crippen LogP contribution in [0.4, 0.5) is 22.0 Å². The summed E-state index contributed by atoms with van der Waals surface area (Å²) in [6, 6.07) is 1.32. The van der Waals surface area contributed by atoms with Crippen molar-refractivity contribution in [2.75, 3.05) is 20.3 Å². The first-order chi connectivity index (χ1) is 13.3. The van der Waals surface area contributed by atoms with Crippen LogP contribution in [0.5, 0.6) is 0 Å². The Morgan fingerprint density at radius 1 is 1.17 bits per heavy atom. The lowest BCUT2D eigenvalue weighted by Gasteiger charge is -2.21. The Morgan fingerprint density at radius 2 is 1.76 bits per heavy atom. The minimum absolute atomic E-state index is 0.0395. The summed E-state index contributed by atoms with van der Waals surface area (Å²) in [5.41, 5.74) is 2.73. The first kappa shape index (κ1) is 23.2. The molecule has 1 aromatic carbocycles. The molecule has 0 aromatic heterocycles. The Hall–Kier alpha value is -2.07. The number of carbonyl (C=O) groups is 2. The molecule has 29 heavy (non-hydrogen) atoms. The highest BCUT2D eigenvalue weighted by molar-refractivity contribution is 5.89. The minimum Gasteiger partial charge on any atom is -0.383 e. The molecule has 1 amide bonds. The van der Waals surface area contributed by atoms with Crippen LogP contribution in [0.15, 0.2) is 18.2 Å². The third-order valence-electron chi connectivity index (χ3n) is 4.91. The molecule has 2 rings (SSSR count). The van der Waals surface area contributed by atoms with Crippen molar-refractivity contribution in [3.05, 3.63) is 34.9 Å². The van der Waals surface area contributed by atoms with Gasteiger partial charge in [-0.1, -0.05) is 0 Å². The Balaban J connectivity index is 2.17. The van der Waals surface area contributed by atoms with Gasteiger partial charge in [-0.2, -0.15) is 13.2 Å². The van der Waals surface area contributed by atoms with Crippen molar-refractivity contribution in [2.45, 2.75) is 49.7 Å². The Bertz CT molecular complexity index is 738. The van der Waals surface area contributed by atoms with Crippen molar-refractivity contribution in [1.82, 2.24) is 5.32 Å². The molecule has 0 unspecified atom stereocenters. The summed E-state index contributed by atoms with van der Waals surface area (Å²) in [6.07, 6.45) is -4.16. The van der Waals surface area contributed by atoms with Gasteiger partial charge in [-0.15, -0.1) is 0 Å². The first-order valence-corrected chi connectivity index (χ1v) is 8.93. The van der Waals surface area contributed by atoms with Crippen molar-refractivity contribution in [3.63, 3.8) is 0 Å². The number of ether oxygens (including phenoxy) is 1. The van der Waals surface area contributed by atoms with Crippen LogP contribution in [0, 0.1) is 0 Å². The summed E-state index contributed by atoms with van der Waals surface area (Å²) in [5, 5.41) is 2.35. The normalized spacial score (nSPS) is 17.0. The van der Waals surface area contributed by atoms with Gasteiger partial charge in [0.1, 0.15) is 6.04 Å². The predicted octanol–water partition coefficient (Wildman–Crippen LogP) is 2.90. The third-order valence-corrected chi connectivity index (χ3v) is 4.91. The fourth-order valence-corrected chi connectivity index (χ4v) is 3.08. The van der Waals surface area contributed by atoms with E-state index in [0.29, 0.717) is 25.8 Å². The highest BCUT2D eigenvalue weighted by Crippen LogP contribution is 2.52. The molecule has 162 valence electrons. The van der Waals surface area contributed by atoms with Gasteiger partial charge < -0.3 is 15.8 Å². The van der Waals surface area contributed by atoms with Crippen LogP contribution in [0.25, 0.3) is 0 Å². The van der Waals surface area contributed by atoms with Gasteiger partial charge in [0.05, 0.1) is 18.7 Å². The van der Waals surface area contributed by atoms with Gasteiger partial charge in [-0.05, 0) is 36.6 Å². The highest BCUT2D eigenvalue weighted by atomic mass is 19.4. The predicted molar refractivity (Wildman–Crippen MR) is 94.4 cm³/mol. The summed E-state index contributed by atoms with van der Waals surface area (Å²) < 4.78 is 71.7. The molecule has 0 aliphatic heterocycles. The first-order valence-electron chi connectivity index (χ1n) is 8.93. The molecule has 1 atom stereocenters. The number of hydrogen-bond acceptors (Lipinski definition) is 4. The molecule has 1 aromatic rings. The fraction of sp³-hybridized carbons (Fsp3) is 0.579. The minimum atomic E-state index is -4.79. The van der Waals surface area contributed by atoms with Crippen LogP contribution in [0.3, 0.4) is 0 Å². The maximum Gasteiger partial charge on any atom is 0.416 e. The molecule has 0 heterocycles. The smallest absolute Gasteiger partial charge is 0.383 e. The van der Waals surface area contributed by atoms with E-state index in [9.17, 15) is 31.5 Å². The molecular formula is C19H23F5N2O3. The van der Waals surface area contributed by atoms with Gasteiger partial charge in [0, 0.05) is 31.4 Å². The zero-order valence-electron chi connectivity index (χ0n) is 16.0. The van der Waals surface area contributed by atoms with E-state index in [1.165, 1.54) is 7.11 Å². The Morgan fingerprint density at radius 3 is 2.24 bits per heavy atom. The monoisotopic (exact) mass is 422 g/mol. The zero-order chi connectivity index (χ0) is 22.0. The number of benzene rings is 1. The van der Waals surface area contributed by atoms with Gasteiger partial charge in [-0.3, -0.25) is 9.59 Å². The van der Waals surface area contributed by atoms with E-state index in [4.69, 9.17) is 10.5 Å². The second-order valence-electron chi connectivity index (χ2n) is 7.46. The molecule has 0 radical (unpaired) electrons. The van der Waals surface area contributed by atoms with E-state index in [2.05, 4.69) is 5.32 Å². The summed E-state index contributed by atoms with van der Waals surface area (Å²) in [7, 11) is 1.36. The van der Waals surface area contributed by atoms with Crippen molar-refractivity contribution in [2.24, 2.45) is 5.73 Å². The second kappa shape index (κ2) is 8.35. The summed E-state index contributed by atoms with van der Waals surface area (Å²) >= 11 is 0. The lowest BCUT2D eigenvalue weighted by Crippen LogP contribution is -2.45. The van der Waals surface area contributed by atoms with Gasteiger partial charge >= 0.3 is 6.18 Å². The van der Waals surface area contributed by atoms with Crippen molar-refractivity contribution in [1.29, 1.82) is 0 Å². The number of amides is 1. The fourth-order valence-electron chi connectivity index (χ4n) is 3.08. The van der Waals surface area contributed by atoms with Crippen LogP contribution in [0.2, 0.25) is 0 Å². The van der Waals surface area contributed by atoms with E-state index in [1.54, 1.807) is 0 Å². The Kier molecular flexibility index (Phi) is 6.68. The van der Waals surface area contributed by atoms with Crippen LogP contribution in [0.1, 0.15) is 42.9 Å². The standard InChI is InChI=1S/C19H23F5N2O3/c1-17(20,21)11-5-12(7-13(6-11)19(22,23)24)18(3-4-18)8-14(27)9-26-16(28)15(25)10-29-2/h5-7,15H,3-4,8-10,25H2,1-2H3,(H,26,28)/t15-/m1/s1. The number of nitrogens with two attached hydrogens (primary N) is 1. The van der Waals surface area contributed by atoms with Gasteiger partial charge in [0.25, 0.3) is 5.92 Å². The highest BCUT2D eigenvalue weighted by Gasteiger charge is 2.47. The van der Waals surface area contributed by atoms with E-state index in [-0.39, 0.29) is 25.1 Å². The lowest BCUT2D eigenvalue weighted by atomic mass is 9.87. The van der Waals surface area contributed by atoms with E-state index >= 15 is 0 Å². The quantitative estimate of drug-likeness (QED) is 0.600. The molecule has 0 spiro atoms. The number of ketones is 1. The van der Waals surface area contributed by atoms with Gasteiger partial charge in [-0.25, -0.2) is 8.78 Å². The molecule has 0 bridgehead atoms. The van der Waals surface area contributed by atoms with Gasteiger partial charge in [0.15, 0.2) is 5.78 Å². The van der Waals surface area contributed by atoms with Crippen LogP contribution < -0.4 is 11.1 Å². The van der Waals surface area contributed by atoms with E-state index in [1.807, 2.05) is 0 Å². The number of methoxy groups -OCH3 is 1. The number of Topliss-reactive ketones (excluding diaryl/α,β-unsaturated/α-hetero) is 1. The zero-order valence-corrected chi connectivity index (χ0v) is 16.0. The lowest BCUT2D eigenvalue weighted by molar-refractivity contribution is -0.137. The summed E-state index contributed by atoms with van der Waals surface area (Å²) in [5.74, 6) is -4.48. The number of carbonyl (C=O) groups excluding carboxylic acids is 2. The second-order valence-corrected chi connectivity index (χ2v) is 7.46. The maximum absolute atomic E-state index is 13.7. The number of alkyl halides is 5. The molecule has 0 saturated heterocycles. The summed E-state index contributed by atoms with van der Waals surface area (Å²) in [4.78, 5) is 24.0. The van der Waals surface area contributed by atoms with Crippen LogP contribution in [-0.4, -0.2) is 38.0 Å². The molecule has 10 heteroatoms. The third kappa shape index (κ3) is 5.96. The van der Waals surface area contributed by atoms with Crippen LogP contribution in [-0.2, 0) is 31.8 Å². The molecule has 5 nitrogen and oxygen atoms in total.